The lowest BCUT2D eigenvalue weighted by atomic mass is 10.1. The molecule has 1 heterocycles. The monoisotopic (exact) mass is 350 g/mol. The molecule has 1 aromatic rings. The maximum absolute atomic E-state index is 12.2. The topological polar surface area (TPSA) is 66.5 Å². The summed E-state index contributed by atoms with van der Waals surface area (Å²) in [6, 6.07) is 5.40. The van der Waals surface area contributed by atoms with Gasteiger partial charge in [0.2, 0.25) is 5.91 Å². The summed E-state index contributed by atoms with van der Waals surface area (Å²) in [4.78, 5) is 37.2. The number of nitrogens with zero attached hydrogens (tertiary/aromatic N) is 1. The largest absolute Gasteiger partial charge is 0.353 e. The van der Waals surface area contributed by atoms with Gasteiger partial charge in [0.1, 0.15) is 0 Å². The zero-order valence-electron chi connectivity index (χ0n) is 11.4. The molecule has 3 rings (SSSR count). The predicted octanol–water partition coefficient (Wildman–Crippen LogP) is 2.10. The molecule has 1 saturated carbocycles. The number of benzene rings is 1. The van der Waals surface area contributed by atoms with Crippen molar-refractivity contribution in [2.24, 2.45) is 0 Å². The van der Waals surface area contributed by atoms with Crippen molar-refractivity contribution in [3.8, 4) is 0 Å². The van der Waals surface area contributed by atoms with E-state index in [2.05, 4.69) is 21.2 Å². The number of carbonyl (C=O) groups is 3. The lowest BCUT2D eigenvalue weighted by Gasteiger charge is -2.13. The molecule has 0 radical (unpaired) electrons. The van der Waals surface area contributed by atoms with Gasteiger partial charge in [-0.05, 0) is 37.5 Å². The van der Waals surface area contributed by atoms with Crippen LogP contribution in [-0.4, -0.2) is 35.2 Å². The third kappa shape index (κ3) is 3.00. The lowest BCUT2D eigenvalue weighted by Crippen LogP contribution is -2.32. The highest BCUT2D eigenvalue weighted by Gasteiger charge is 2.35. The molecule has 21 heavy (non-hydrogen) atoms. The second kappa shape index (κ2) is 5.60. The van der Waals surface area contributed by atoms with Gasteiger partial charge >= 0.3 is 0 Å². The minimum atomic E-state index is -0.279. The van der Waals surface area contributed by atoms with E-state index in [9.17, 15) is 14.4 Å². The van der Waals surface area contributed by atoms with Gasteiger partial charge in [-0.3, -0.25) is 19.3 Å². The molecule has 2 aliphatic rings. The van der Waals surface area contributed by atoms with Crippen molar-refractivity contribution in [2.75, 3.05) is 6.54 Å². The van der Waals surface area contributed by atoms with Crippen molar-refractivity contribution < 1.29 is 14.4 Å². The van der Waals surface area contributed by atoms with Crippen LogP contribution in [0.25, 0.3) is 0 Å². The Balaban J connectivity index is 1.58. The third-order valence-corrected chi connectivity index (χ3v) is 4.15. The van der Waals surface area contributed by atoms with Crippen LogP contribution in [0.15, 0.2) is 22.7 Å². The molecule has 6 heteroatoms. The first-order chi connectivity index (χ1) is 10.1. The molecule has 1 aliphatic heterocycles. The smallest absolute Gasteiger partial charge is 0.261 e. The van der Waals surface area contributed by atoms with Crippen molar-refractivity contribution in [3.05, 3.63) is 33.8 Å². The van der Waals surface area contributed by atoms with Gasteiger partial charge in [0.15, 0.2) is 0 Å². The Hall–Kier alpha value is -1.69. The fourth-order valence-corrected chi connectivity index (χ4v) is 2.75. The minimum Gasteiger partial charge on any atom is -0.353 e. The maximum atomic E-state index is 12.2. The number of fused-ring (bicyclic) bond motifs is 1. The highest BCUT2D eigenvalue weighted by Crippen LogP contribution is 2.26. The summed E-state index contributed by atoms with van der Waals surface area (Å²) < 4.78 is 0.771. The van der Waals surface area contributed by atoms with E-state index in [1.54, 1.807) is 18.2 Å². The molecule has 3 amide bonds. The van der Waals surface area contributed by atoms with Gasteiger partial charge < -0.3 is 5.32 Å². The van der Waals surface area contributed by atoms with Crippen LogP contribution in [0, 0.1) is 0 Å². The molecule has 1 N–H and O–H groups in total. The first kappa shape index (κ1) is 14.3. The van der Waals surface area contributed by atoms with Gasteiger partial charge in [-0.25, -0.2) is 0 Å². The summed E-state index contributed by atoms with van der Waals surface area (Å²) in [5.41, 5.74) is 0.863. The van der Waals surface area contributed by atoms with Gasteiger partial charge in [-0.1, -0.05) is 15.9 Å². The molecule has 0 atom stereocenters. The molecule has 0 saturated heterocycles. The summed E-state index contributed by atoms with van der Waals surface area (Å²) in [6.07, 6.45) is 2.94. The van der Waals surface area contributed by atoms with Crippen LogP contribution in [0.1, 0.15) is 46.4 Å². The van der Waals surface area contributed by atoms with Crippen LogP contribution >= 0.6 is 15.9 Å². The first-order valence-electron chi connectivity index (χ1n) is 7.01. The molecule has 5 nitrogen and oxygen atoms in total. The van der Waals surface area contributed by atoms with Crippen LogP contribution in [0.3, 0.4) is 0 Å². The van der Waals surface area contributed by atoms with E-state index in [4.69, 9.17) is 0 Å². The normalized spacial score (nSPS) is 17.1. The first-order valence-corrected chi connectivity index (χ1v) is 7.80. The number of amides is 3. The Bertz CT molecular complexity index is 625. The average Bonchev–Trinajstić information content (AvgIpc) is 3.22. The number of nitrogens with one attached hydrogen (secondary N) is 1. The number of halogens is 1. The van der Waals surface area contributed by atoms with Gasteiger partial charge in [0.25, 0.3) is 11.8 Å². The van der Waals surface area contributed by atoms with Crippen LogP contribution in [0.4, 0.5) is 0 Å². The molecule has 1 aliphatic carbocycles. The molecule has 0 aromatic heterocycles. The van der Waals surface area contributed by atoms with Gasteiger partial charge in [0, 0.05) is 23.5 Å². The van der Waals surface area contributed by atoms with Gasteiger partial charge in [-0.15, -0.1) is 0 Å². The Morgan fingerprint density at radius 1 is 1.24 bits per heavy atom. The number of hydrogen-bond donors (Lipinski definition) is 1. The Kier molecular flexibility index (Phi) is 3.80. The van der Waals surface area contributed by atoms with Crippen molar-refractivity contribution in [2.45, 2.75) is 31.7 Å². The molecule has 1 aromatic carbocycles. The molecule has 0 unspecified atom stereocenters. The summed E-state index contributed by atoms with van der Waals surface area (Å²) in [5.74, 6) is -0.555. The highest BCUT2D eigenvalue weighted by molar-refractivity contribution is 9.10. The summed E-state index contributed by atoms with van der Waals surface area (Å²) in [6.45, 7) is 0.280. The molecular formula is C15H15BrN2O3. The SMILES string of the molecule is O=C(CCCN1C(=O)c2ccc(Br)cc2C1=O)NC1CC1. The quantitative estimate of drug-likeness (QED) is 0.827. The second-order valence-corrected chi connectivity index (χ2v) is 6.31. The van der Waals surface area contributed by atoms with Crippen LogP contribution in [0.2, 0.25) is 0 Å². The summed E-state index contributed by atoms with van der Waals surface area (Å²) in [5, 5.41) is 2.89. The van der Waals surface area contributed by atoms with Gasteiger partial charge in [-0.2, -0.15) is 0 Å². The molecule has 110 valence electrons. The zero-order chi connectivity index (χ0) is 15.0. The molecular weight excluding hydrogens is 336 g/mol. The molecule has 0 bridgehead atoms. The van der Waals surface area contributed by atoms with E-state index in [0.717, 1.165) is 17.3 Å². The van der Waals surface area contributed by atoms with Gasteiger partial charge in [0.05, 0.1) is 11.1 Å². The van der Waals surface area contributed by atoms with Crippen molar-refractivity contribution >= 4 is 33.7 Å². The highest BCUT2D eigenvalue weighted by atomic mass is 79.9. The van der Waals surface area contributed by atoms with Crippen LogP contribution in [-0.2, 0) is 4.79 Å². The fraction of sp³-hybridized carbons (Fsp3) is 0.400. The number of hydrogen-bond acceptors (Lipinski definition) is 3. The van der Waals surface area contributed by atoms with E-state index in [-0.39, 0.29) is 24.3 Å². The zero-order valence-corrected chi connectivity index (χ0v) is 13.0. The van der Waals surface area contributed by atoms with Crippen molar-refractivity contribution in [3.63, 3.8) is 0 Å². The van der Waals surface area contributed by atoms with Crippen LogP contribution in [0.5, 0.6) is 0 Å². The van der Waals surface area contributed by atoms with Crippen LogP contribution < -0.4 is 5.32 Å². The Morgan fingerprint density at radius 2 is 1.95 bits per heavy atom. The average molecular weight is 351 g/mol. The number of rotatable bonds is 5. The van der Waals surface area contributed by atoms with E-state index >= 15 is 0 Å². The van der Waals surface area contributed by atoms with Crippen molar-refractivity contribution in [1.29, 1.82) is 0 Å². The summed E-state index contributed by atoms with van der Waals surface area (Å²) >= 11 is 3.30. The van der Waals surface area contributed by atoms with Crippen molar-refractivity contribution in [1.82, 2.24) is 10.2 Å². The predicted molar refractivity (Wildman–Crippen MR) is 79.9 cm³/mol. The van der Waals surface area contributed by atoms with E-state index in [1.165, 1.54) is 4.90 Å². The number of imide groups is 1. The third-order valence-electron chi connectivity index (χ3n) is 3.66. The van der Waals surface area contributed by atoms with E-state index in [1.807, 2.05) is 0 Å². The summed E-state index contributed by atoms with van der Waals surface area (Å²) in [7, 11) is 0. The standard InChI is InChI=1S/C15H15BrN2O3/c16-9-3-6-11-12(8-9)15(21)18(14(11)20)7-1-2-13(19)17-10-4-5-10/h3,6,8,10H,1-2,4-5,7H2,(H,17,19). The fourth-order valence-electron chi connectivity index (χ4n) is 2.39. The second-order valence-electron chi connectivity index (χ2n) is 5.40. The maximum Gasteiger partial charge on any atom is 0.261 e. The molecule has 0 spiro atoms. The number of carbonyl (C=O) groups excluding carboxylic acids is 3. The Morgan fingerprint density at radius 3 is 2.67 bits per heavy atom. The van der Waals surface area contributed by atoms with E-state index in [0.29, 0.717) is 30.0 Å². The molecule has 1 fully saturated rings. The minimum absolute atomic E-state index is 0.00291. The lowest BCUT2D eigenvalue weighted by molar-refractivity contribution is -0.121. The Labute approximate surface area is 130 Å². The van der Waals surface area contributed by atoms with E-state index < -0.39 is 0 Å².